The van der Waals surface area contributed by atoms with E-state index >= 15 is 0 Å². The molecule has 0 aromatic heterocycles. The second-order valence-corrected chi connectivity index (χ2v) is 4.07. The van der Waals surface area contributed by atoms with Crippen molar-refractivity contribution >= 4 is 11.7 Å². The van der Waals surface area contributed by atoms with Gasteiger partial charge in [0.1, 0.15) is 5.82 Å². The number of carboxylic acids is 1. The van der Waals surface area contributed by atoms with Crippen LogP contribution in [0.25, 0.3) is 0 Å². The predicted molar refractivity (Wildman–Crippen MR) is 67.0 cm³/mol. The van der Waals surface area contributed by atoms with Crippen LogP contribution in [-0.4, -0.2) is 11.1 Å². The second-order valence-electron chi connectivity index (χ2n) is 4.07. The minimum Gasteiger partial charge on any atom is -0.478 e. The molecule has 0 aliphatic carbocycles. The monoisotopic (exact) mass is 281 g/mol. The molecule has 0 atom stereocenters. The molecule has 3 nitrogen and oxygen atoms in total. The number of nitrogens with one attached hydrogen (secondary N) is 1. The van der Waals surface area contributed by atoms with Crippen molar-refractivity contribution < 1.29 is 23.1 Å². The van der Waals surface area contributed by atoms with E-state index in [0.717, 1.165) is 12.1 Å². The first-order chi connectivity index (χ1) is 9.49. The summed E-state index contributed by atoms with van der Waals surface area (Å²) in [6.07, 6.45) is 0. The lowest BCUT2D eigenvalue weighted by molar-refractivity contribution is 0.0696. The Morgan fingerprint density at radius 2 is 1.85 bits per heavy atom. The van der Waals surface area contributed by atoms with Crippen molar-refractivity contribution in [3.63, 3.8) is 0 Å². The van der Waals surface area contributed by atoms with Gasteiger partial charge in [0.25, 0.3) is 0 Å². The lowest BCUT2D eigenvalue weighted by atomic mass is 10.1. The van der Waals surface area contributed by atoms with Crippen molar-refractivity contribution in [2.75, 3.05) is 5.32 Å². The third-order valence-corrected chi connectivity index (χ3v) is 2.72. The highest BCUT2D eigenvalue weighted by molar-refractivity contribution is 5.87. The highest BCUT2D eigenvalue weighted by atomic mass is 19.2. The molecule has 20 heavy (non-hydrogen) atoms. The van der Waals surface area contributed by atoms with Crippen LogP contribution in [0.15, 0.2) is 36.4 Å². The van der Waals surface area contributed by atoms with E-state index in [-0.39, 0.29) is 23.4 Å². The van der Waals surface area contributed by atoms with E-state index in [2.05, 4.69) is 5.32 Å². The van der Waals surface area contributed by atoms with Crippen molar-refractivity contribution in [1.29, 1.82) is 0 Å². The van der Waals surface area contributed by atoms with Crippen LogP contribution in [0, 0.1) is 17.5 Å². The van der Waals surface area contributed by atoms with E-state index in [1.165, 1.54) is 24.3 Å². The molecular formula is C14H10F3NO2. The van der Waals surface area contributed by atoms with Gasteiger partial charge in [0.15, 0.2) is 11.6 Å². The zero-order valence-corrected chi connectivity index (χ0v) is 10.2. The van der Waals surface area contributed by atoms with Crippen molar-refractivity contribution in [3.05, 3.63) is 65.0 Å². The Balaban J connectivity index is 2.15. The first-order valence-electron chi connectivity index (χ1n) is 5.68. The second kappa shape index (κ2) is 5.64. The molecule has 0 saturated heterocycles. The Labute approximate surface area is 112 Å². The van der Waals surface area contributed by atoms with Gasteiger partial charge in [-0.25, -0.2) is 18.0 Å². The number of hydrogen-bond acceptors (Lipinski definition) is 2. The van der Waals surface area contributed by atoms with Crippen LogP contribution in [-0.2, 0) is 6.54 Å². The maximum Gasteiger partial charge on any atom is 0.335 e. The summed E-state index contributed by atoms with van der Waals surface area (Å²) in [5.74, 6) is -4.01. The van der Waals surface area contributed by atoms with Crippen molar-refractivity contribution in [1.82, 2.24) is 0 Å². The summed E-state index contributed by atoms with van der Waals surface area (Å²) >= 11 is 0. The van der Waals surface area contributed by atoms with Gasteiger partial charge in [-0.2, -0.15) is 0 Å². The van der Waals surface area contributed by atoms with Crippen molar-refractivity contribution in [2.45, 2.75) is 6.54 Å². The minimum absolute atomic E-state index is 0.0910. The molecule has 2 N–H and O–H groups in total. The summed E-state index contributed by atoms with van der Waals surface area (Å²) in [6, 6.07) is 7.02. The molecule has 0 fully saturated rings. The normalized spacial score (nSPS) is 10.3. The summed E-state index contributed by atoms with van der Waals surface area (Å²) in [6.45, 7) is -0.0912. The third-order valence-electron chi connectivity index (χ3n) is 2.72. The summed E-state index contributed by atoms with van der Waals surface area (Å²) < 4.78 is 40.0. The molecule has 0 saturated carbocycles. The van der Waals surface area contributed by atoms with Crippen molar-refractivity contribution in [3.8, 4) is 0 Å². The minimum atomic E-state index is -1.24. The van der Waals surface area contributed by atoms with E-state index < -0.39 is 23.4 Å². The number of benzene rings is 2. The van der Waals surface area contributed by atoms with E-state index in [1.54, 1.807) is 0 Å². The molecule has 2 rings (SSSR count). The largest absolute Gasteiger partial charge is 0.478 e. The number of aromatic carboxylic acids is 1. The van der Waals surface area contributed by atoms with Crippen LogP contribution in [0.4, 0.5) is 18.9 Å². The lowest BCUT2D eigenvalue weighted by Crippen LogP contribution is -2.06. The van der Waals surface area contributed by atoms with Crippen LogP contribution in [0.1, 0.15) is 15.9 Å². The quantitative estimate of drug-likeness (QED) is 0.902. The van der Waals surface area contributed by atoms with Gasteiger partial charge in [0.2, 0.25) is 0 Å². The van der Waals surface area contributed by atoms with E-state index in [0.29, 0.717) is 0 Å². The van der Waals surface area contributed by atoms with Crippen LogP contribution < -0.4 is 5.32 Å². The molecule has 0 bridgehead atoms. The lowest BCUT2D eigenvalue weighted by Gasteiger charge is -2.09. The fourth-order valence-electron chi connectivity index (χ4n) is 1.65. The van der Waals surface area contributed by atoms with Gasteiger partial charge in [-0.05, 0) is 24.3 Å². The van der Waals surface area contributed by atoms with E-state index in [4.69, 9.17) is 5.11 Å². The maximum absolute atomic E-state index is 13.6. The predicted octanol–water partition coefficient (Wildman–Crippen LogP) is 3.41. The van der Waals surface area contributed by atoms with Gasteiger partial charge in [-0.15, -0.1) is 0 Å². The number of halogens is 3. The Hall–Kier alpha value is -2.50. The summed E-state index contributed by atoms with van der Waals surface area (Å²) in [7, 11) is 0. The molecule has 104 valence electrons. The Kier molecular flexibility index (Phi) is 3.93. The maximum atomic E-state index is 13.6. The number of carboxylic acid groups (broad SMARTS) is 1. The van der Waals surface area contributed by atoms with Gasteiger partial charge >= 0.3 is 5.97 Å². The zero-order valence-electron chi connectivity index (χ0n) is 10.2. The van der Waals surface area contributed by atoms with Crippen LogP contribution in [0.2, 0.25) is 0 Å². The topological polar surface area (TPSA) is 49.3 Å². The van der Waals surface area contributed by atoms with Crippen LogP contribution in [0.3, 0.4) is 0 Å². The molecule has 0 heterocycles. The number of hydrogen-bond donors (Lipinski definition) is 2. The molecule has 0 aliphatic rings. The number of rotatable bonds is 4. The van der Waals surface area contributed by atoms with Gasteiger partial charge in [-0.3, -0.25) is 0 Å². The first kappa shape index (κ1) is 13.9. The molecule has 0 amide bonds. The molecule has 0 spiro atoms. The zero-order chi connectivity index (χ0) is 14.7. The standard InChI is InChI=1S/C14H10F3NO2/c15-10-2-1-3-12(13(10)17)18-7-9-5-4-8(14(19)20)6-11(9)16/h1-6,18H,7H2,(H,19,20). The molecule has 6 heteroatoms. The SMILES string of the molecule is O=C(O)c1ccc(CNc2cccc(F)c2F)c(F)c1. The van der Waals surface area contributed by atoms with E-state index in [9.17, 15) is 18.0 Å². The van der Waals surface area contributed by atoms with Gasteiger partial charge in [0, 0.05) is 12.1 Å². The number of carbonyl (C=O) groups is 1. The van der Waals surface area contributed by atoms with Crippen LogP contribution in [0.5, 0.6) is 0 Å². The Bertz CT molecular complexity index is 659. The number of anilines is 1. The van der Waals surface area contributed by atoms with Gasteiger partial charge < -0.3 is 10.4 Å². The van der Waals surface area contributed by atoms with Gasteiger partial charge in [0.05, 0.1) is 11.3 Å². The first-order valence-corrected chi connectivity index (χ1v) is 5.68. The summed E-state index contributed by atoms with van der Waals surface area (Å²) in [5, 5.41) is 11.3. The fraction of sp³-hybridized carbons (Fsp3) is 0.0714. The average molecular weight is 281 g/mol. The van der Waals surface area contributed by atoms with Crippen molar-refractivity contribution in [2.24, 2.45) is 0 Å². The molecule has 0 unspecified atom stereocenters. The highest BCUT2D eigenvalue weighted by Gasteiger charge is 2.10. The molecule has 2 aromatic rings. The molecule has 2 aromatic carbocycles. The smallest absolute Gasteiger partial charge is 0.335 e. The Morgan fingerprint density at radius 1 is 1.10 bits per heavy atom. The molecular weight excluding hydrogens is 271 g/mol. The third kappa shape index (κ3) is 2.90. The van der Waals surface area contributed by atoms with Crippen LogP contribution >= 0.6 is 0 Å². The molecule has 0 radical (unpaired) electrons. The van der Waals surface area contributed by atoms with E-state index in [1.807, 2.05) is 0 Å². The summed E-state index contributed by atoms with van der Waals surface area (Å²) in [4.78, 5) is 10.7. The highest BCUT2D eigenvalue weighted by Crippen LogP contribution is 2.18. The average Bonchev–Trinajstić information content (AvgIpc) is 2.41. The van der Waals surface area contributed by atoms with Gasteiger partial charge in [-0.1, -0.05) is 12.1 Å². The Morgan fingerprint density at radius 3 is 2.50 bits per heavy atom. The molecule has 0 aliphatic heterocycles. The fourth-order valence-corrected chi connectivity index (χ4v) is 1.65. The summed E-state index contributed by atoms with van der Waals surface area (Å²) in [5.41, 5.74) is -0.117.